The first-order chi connectivity index (χ1) is 14.4. The van der Waals surface area contributed by atoms with Crippen molar-refractivity contribution in [2.45, 2.75) is 63.6 Å². The molecule has 0 saturated heterocycles. The Labute approximate surface area is 197 Å². The summed E-state index contributed by atoms with van der Waals surface area (Å²) in [5, 5.41) is 0.849. The van der Waals surface area contributed by atoms with Crippen LogP contribution in [0.4, 0.5) is 0 Å². The zero-order valence-corrected chi connectivity index (χ0v) is 23.9. The zero-order chi connectivity index (χ0) is 23.1. The number of benzene rings is 2. The van der Waals surface area contributed by atoms with Crippen LogP contribution in [0.5, 0.6) is 5.75 Å². The molecular weight excluding hydrogens is 483 g/mol. The number of hydrogen-bond acceptors (Lipinski definition) is 3. The fourth-order valence-corrected chi connectivity index (χ4v) is 6.30. The molecule has 0 saturated carbocycles. The Morgan fingerprint density at radius 2 is 1.52 bits per heavy atom. The van der Waals surface area contributed by atoms with Crippen LogP contribution in [0.15, 0.2) is 42.5 Å². The second-order valence-corrected chi connectivity index (χ2v) is 23.9. The molecule has 0 aliphatic heterocycles. The van der Waals surface area contributed by atoms with Crippen LogP contribution >= 0.6 is 0 Å². The Kier molecular flexibility index (Phi) is 9.62. The molecule has 2 aromatic rings. The van der Waals surface area contributed by atoms with Gasteiger partial charge in [0, 0.05) is 0 Å². The second kappa shape index (κ2) is 11.5. The molecule has 0 aromatic heterocycles. The minimum absolute atomic E-state index is 0.191. The summed E-state index contributed by atoms with van der Waals surface area (Å²) >= 11 is 0.248. The number of rotatable bonds is 11. The number of carbonyl (C=O) groups excluding carboxylic acids is 1. The number of aryl methyl sites for hydroxylation is 1. The maximum atomic E-state index is 13.0. The first-order valence-electron chi connectivity index (χ1n) is 11.1. The molecule has 31 heavy (non-hydrogen) atoms. The van der Waals surface area contributed by atoms with Crippen LogP contribution in [0.25, 0.3) is 0 Å². The van der Waals surface area contributed by atoms with Gasteiger partial charge < -0.3 is 0 Å². The van der Waals surface area contributed by atoms with E-state index in [9.17, 15) is 4.79 Å². The molecule has 0 atom stereocenters. The maximum absolute atomic E-state index is 13.0. The summed E-state index contributed by atoms with van der Waals surface area (Å²) < 4.78 is 13.2. The first-order valence-corrected chi connectivity index (χ1v) is 20.5. The molecule has 0 N–H and O–H groups in total. The summed E-state index contributed by atoms with van der Waals surface area (Å²) in [6.07, 6.45) is 0. The number of carbonyl (C=O) groups is 1. The van der Waals surface area contributed by atoms with Crippen molar-refractivity contribution in [3.05, 3.63) is 59.2 Å². The van der Waals surface area contributed by atoms with E-state index < -0.39 is 16.1 Å². The fraction of sp³-hybridized carbons (Fsp3) is 0.480. The molecular formula is C25H38O3SeSi2. The number of esters is 1. The molecule has 2 rings (SSSR count). The summed E-state index contributed by atoms with van der Waals surface area (Å²) in [6.45, 7) is 17.2. The van der Waals surface area contributed by atoms with E-state index in [1.807, 2.05) is 19.1 Å². The Morgan fingerprint density at radius 3 is 2.13 bits per heavy atom. The third-order valence-electron chi connectivity index (χ3n) is 4.94. The first kappa shape index (κ1) is 25.9. The van der Waals surface area contributed by atoms with Crippen molar-refractivity contribution in [3.63, 3.8) is 0 Å². The summed E-state index contributed by atoms with van der Waals surface area (Å²) in [5.41, 5.74) is 2.72. The summed E-state index contributed by atoms with van der Waals surface area (Å²) in [4.78, 5) is 13.0. The van der Waals surface area contributed by atoms with E-state index in [0.717, 1.165) is 46.5 Å². The molecule has 0 spiro atoms. The SMILES string of the molecule is Cc1cc(OCC[Si](C)(C)C)cc(C[Se]c2ccccc2)c1C(=O)OCC[Si](C)(C)C. The Bertz CT molecular complexity index is 856. The average molecular weight is 522 g/mol. The molecule has 0 fully saturated rings. The van der Waals surface area contributed by atoms with Gasteiger partial charge in [-0.25, -0.2) is 0 Å². The third-order valence-corrected chi connectivity index (χ3v) is 10.6. The van der Waals surface area contributed by atoms with Crippen molar-refractivity contribution in [2.75, 3.05) is 13.2 Å². The van der Waals surface area contributed by atoms with E-state index in [-0.39, 0.29) is 20.9 Å². The monoisotopic (exact) mass is 522 g/mol. The third kappa shape index (κ3) is 9.77. The van der Waals surface area contributed by atoms with E-state index in [0.29, 0.717) is 6.61 Å². The average Bonchev–Trinajstić information content (AvgIpc) is 2.64. The molecule has 0 aliphatic rings. The van der Waals surface area contributed by atoms with Crippen LogP contribution in [-0.4, -0.2) is 50.3 Å². The van der Waals surface area contributed by atoms with Crippen molar-refractivity contribution < 1.29 is 14.3 Å². The molecule has 0 unspecified atom stereocenters. The number of hydrogen-bond donors (Lipinski definition) is 0. The van der Waals surface area contributed by atoms with Crippen molar-refractivity contribution in [1.82, 2.24) is 0 Å². The summed E-state index contributed by atoms with van der Waals surface area (Å²) in [6, 6.07) is 16.7. The molecule has 0 aliphatic carbocycles. The van der Waals surface area contributed by atoms with E-state index in [1.165, 1.54) is 4.46 Å². The van der Waals surface area contributed by atoms with Crippen LogP contribution in [0.3, 0.4) is 0 Å². The van der Waals surface area contributed by atoms with Crippen molar-refractivity contribution >= 4 is 41.5 Å². The van der Waals surface area contributed by atoms with Gasteiger partial charge in [0.25, 0.3) is 0 Å². The van der Waals surface area contributed by atoms with Crippen LogP contribution in [0.2, 0.25) is 51.4 Å². The van der Waals surface area contributed by atoms with Gasteiger partial charge in [-0.05, 0) is 0 Å². The zero-order valence-electron chi connectivity index (χ0n) is 20.2. The van der Waals surface area contributed by atoms with Crippen LogP contribution in [-0.2, 0) is 10.1 Å². The van der Waals surface area contributed by atoms with E-state index in [2.05, 4.69) is 69.6 Å². The quantitative estimate of drug-likeness (QED) is 0.280. The Hall–Kier alpha value is -1.34. The van der Waals surface area contributed by atoms with Crippen molar-refractivity contribution in [1.29, 1.82) is 0 Å². The van der Waals surface area contributed by atoms with E-state index in [4.69, 9.17) is 9.47 Å². The predicted molar refractivity (Wildman–Crippen MR) is 139 cm³/mol. The molecule has 170 valence electrons. The van der Waals surface area contributed by atoms with Gasteiger partial charge in [0.1, 0.15) is 0 Å². The Morgan fingerprint density at radius 1 is 0.903 bits per heavy atom. The van der Waals surface area contributed by atoms with Gasteiger partial charge in [0.2, 0.25) is 0 Å². The van der Waals surface area contributed by atoms with Gasteiger partial charge in [0.05, 0.1) is 0 Å². The topological polar surface area (TPSA) is 35.5 Å². The van der Waals surface area contributed by atoms with Gasteiger partial charge in [-0.1, -0.05) is 0 Å². The van der Waals surface area contributed by atoms with E-state index in [1.54, 1.807) is 0 Å². The molecule has 2 aromatic carbocycles. The molecule has 6 heteroatoms. The van der Waals surface area contributed by atoms with Gasteiger partial charge in [0.15, 0.2) is 0 Å². The molecule has 0 heterocycles. The Balaban J connectivity index is 2.21. The van der Waals surface area contributed by atoms with Crippen LogP contribution in [0, 0.1) is 6.92 Å². The number of ether oxygens (including phenoxy) is 2. The van der Waals surface area contributed by atoms with Crippen molar-refractivity contribution in [2.24, 2.45) is 0 Å². The normalized spacial score (nSPS) is 12.0. The summed E-state index contributed by atoms with van der Waals surface area (Å²) in [5.74, 6) is 0.677. The second-order valence-electron chi connectivity index (χ2n) is 10.5. The van der Waals surface area contributed by atoms with Crippen LogP contribution in [0.1, 0.15) is 21.5 Å². The molecule has 0 amide bonds. The predicted octanol–water partition coefficient (Wildman–Crippen LogP) is 5.74. The molecule has 3 nitrogen and oxygen atoms in total. The standard InChI is InChI=1S/C25H38O3SeSi2/c1-20-17-22(27-13-15-30(2,3)4)18-21(19-29-23-11-9-8-10-12-23)24(20)25(26)28-14-16-31(5,6)7/h8-12,17-18H,13-16,19H2,1-7H3. The van der Waals surface area contributed by atoms with Gasteiger partial charge >= 0.3 is 198 Å². The van der Waals surface area contributed by atoms with Gasteiger partial charge in [-0.15, -0.1) is 0 Å². The molecule has 0 bridgehead atoms. The molecule has 0 radical (unpaired) electrons. The van der Waals surface area contributed by atoms with E-state index >= 15 is 0 Å². The summed E-state index contributed by atoms with van der Waals surface area (Å²) in [7, 11) is -2.39. The van der Waals surface area contributed by atoms with Gasteiger partial charge in [-0.3, -0.25) is 0 Å². The van der Waals surface area contributed by atoms with Crippen molar-refractivity contribution in [3.8, 4) is 5.75 Å². The van der Waals surface area contributed by atoms with Crippen LogP contribution < -0.4 is 9.20 Å². The fourth-order valence-electron chi connectivity index (χ4n) is 2.99. The minimum atomic E-state index is -1.24. The van der Waals surface area contributed by atoms with Gasteiger partial charge in [-0.2, -0.15) is 0 Å².